The summed E-state index contributed by atoms with van der Waals surface area (Å²) in [5.41, 5.74) is 7.95. The molecule has 0 unspecified atom stereocenters. The zero-order valence-corrected chi connectivity index (χ0v) is 9.64. The summed E-state index contributed by atoms with van der Waals surface area (Å²) in [6.07, 6.45) is 1.95. The first-order valence-electron chi connectivity index (χ1n) is 5.11. The second kappa shape index (κ2) is 5.38. The minimum atomic E-state index is 0.646. The van der Waals surface area contributed by atoms with Crippen LogP contribution in [0.5, 0.6) is 0 Å². The van der Waals surface area contributed by atoms with Crippen molar-refractivity contribution in [2.75, 3.05) is 6.54 Å². The molecule has 0 radical (unpaired) electrons. The fourth-order valence-electron chi connectivity index (χ4n) is 1.52. The van der Waals surface area contributed by atoms with Gasteiger partial charge in [-0.2, -0.15) is 0 Å². The van der Waals surface area contributed by atoms with Crippen LogP contribution in [-0.2, 0) is 12.8 Å². The van der Waals surface area contributed by atoms with E-state index in [2.05, 4.69) is 26.0 Å². The van der Waals surface area contributed by atoms with E-state index in [1.807, 2.05) is 6.07 Å². The van der Waals surface area contributed by atoms with Crippen molar-refractivity contribution >= 4 is 11.6 Å². The third kappa shape index (κ3) is 3.32. The van der Waals surface area contributed by atoms with Gasteiger partial charge in [-0.05, 0) is 42.5 Å². The second-order valence-corrected chi connectivity index (χ2v) is 4.47. The molecule has 1 nitrogen and oxygen atoms in total. The minimum absolute atomic E-state index is 0.646. The van der Waals surface area contributed by atoms with Crippen LogP contribution in [-0.4, -0.2) is 6.54 Å². The molecule has 0 aromatic heterocycles. The average Bonchev–Trinajstić information content (AvgIpc) is 2.10. The number of hydrogen-bond donors (Lipinski definition) is 1. The fraction of sp³-hybridized carbons (Fsp3) is 0.500. The highest BCUT2D eigenvalue weighted by Crippen LogP contribution is 2.21. The molecule has 0 atom stereocenters. The van der Waals surface area contributed by atoms with Gasteiger partial charge in [-0.3, -0.25) is 0 Å². The van der Waals surface area contributed by atoms with Gasteiger partial charge in [0.25, 0.3) is 0 Å². The van der Waals surface area contributed by atoms with E-state index in [4.69, 9.17) is 17.3 Å². The maximum atomic E-state index is 6.17. The van der Waals surface area contributed by atoms with Gasteiger partial charge in [0.05, 0.1) is 0 Å². The normalized spacial score (nSPS) is 10.9. The Balaban J connectivity index is 2.79. The lowest BCUT2D eigenvalue weighted by molar-refractivity contribution is 0.647. The molecular weight excluding hydrogens is 194 g/mol. The van der Waals surface area contributed by atoms with E-state index in [0.29, 0.717) is 12.5 Å². The Kier molecular flexibility index (Phi) is 4.43. The molecule has 0 saturated carbocycles. The lowest BCUT2D eigenvalue weighted by Crippen LogP contribution is -2.03. The van der Waals surface area contributed by atoms with E-state index in [-0.39, 0.29) is 0 Å². The summed E-state index contributed by atoms with van der Waals surface area (Å²) in [7, 11) is 0. The zero-order valence-electron chi connectivity index (χ0n) is 8.89. The van der Waals surface area contributed by atoms with Gasteiger partial charge in [-0.1, -0.05) is 37.6 Å². The summed E-state index contributed by atoms with van der Waals surface area (Å²) in [5, 5.41) is 0.879. The average molecular weight is 212 g/mol. The van der Waals surface area contributed by atoms with Crippen LogP contribution in [0.1, 0.15) is 25.0 Å². The van der Waals surface area contributed by atoms with E-state index >= 15 is 0 Å². The van der Waals surface area contributed by atoms with Crippen molar-refractivity contribution < 1.29 is 0 Å². The molecular formula is C12H18ClN. The Hall–Kier alpha value is -0.530. The summed E-state index contributed by atoms with van der Waals surface area (Å²) in [4.78, 5) is 0. The molecule has 0 aliphatic heterocycles. The molecule has 0 fully saturated rings. The van der Waals surface area contributed by atoms with Gasteiger partial charge >= 0.3 is 0 Å². The molecule has 2 heteroatoms. The molecule has 0 amide bonds. The zero-order chi connectivity index (χ0) is 10.6. The molecule has 1 rings (SSSR count). The molecule has 1 aromatic carbocycles. The Labute approximate surface area is 91.3 Å². The molecule has 0 aliphatic rings. The van der Waals surface area contributed by atoms with Crippen LogP contribution in [0, 0.1) is 5.92 Å². The van der Waals surface area contributed by atoms with Gasteiger partial charge in [0.15, 0.2) is 0 Å². The van der Waals surface area contributed by atoms with Crippen LogP contribution in [0.4, 0.5) is 0 Å². The first kappa shape index (κ1) is 11.5. The maximum Gasteiger partial charge on any atom is 0.0440 e. The monoisotopic (exact) mass is 211 g/mol. The third-order valence-corrected chi connectivity index (χ3v) is 2.53. The summed E-state index contributed by atoms with van der Waals surface area (Å²) < 4.78 is 0. The molecule has 1 aromatic rings. The van der Waals surface area contributed by atoms with Crippen LogP contribution < -0.4 is 5.73 Å². The van der Waals surface area contributed by atoms with Gasteiger partial charge in [-0.25, -0.2) is 0 Å². The van der Waals surface area contributed by atoms with Crippen LogP contribution in [0.2, 0.25) is 5.02 Å². The fourth-order valence-corrected chi connectivity index (χ4v) is 1.80. The Morgan fingerprint density at radius 1 is 1.36 bits per heavy atom. The van der Waals surface area contributed by atoms with Gasteiger partial charge in [0.2, 0.25) is 0 Å². The summed E-state index contributed by atoms with van der Waals surface area (Å²) in [6, 6.07) is 6.27. The first-order valence-corrected chi connectivity index (χ1v) is 5.48. The largest absolute Gasteiger partial charge is 0.330 e. The van der Waals surface area contributed by atoms with Crippen molar-refractivity contribution in [3.8, 4) is 0 Å². The summed E-state index contributed by atoms with van der Waals surface area (Å²) >= 11 is 6.17. The number of benzene rings is 1. The predicted octanol–water partition coefficient (Wildman–Crippen LogP) is 3.04. The van der Waals surface area contributed by atoms with Gasteiger partial charge < -0.3 is 5.73 Å². The van der Waals surface area contributed by atoms with Gasteiger partial charge in [0, 0.05) is 5.02 Å². The van der Waals surface area contributed by atoms with E-state index in [1.165, 1.54) is 11.1 Å². The SMILES string of the molecule is CC(C)Cc1ccc(CCN)cc1Cl. The van der Waals surface area contributed by atoms with Crippen molar-refractivity contribution in [2.24, 2.45) is 11.7 Å². The van der Waals surface area contributed by atoms with Crippen molar-refractivity contribution in [3.05, 3.63) is 34.3 Å². The molecule has 0 heterocycles. The van der Waals surface area contributed by atoms with E-state index in [1.54, 1.807) is 0 Å². The summed E-state index contributed by atoms with van der Waals surface area (Å²) in [5.74, 6) is 0.646. The molecule has 78 valence electrons. The van der Waals surface area contributed by atoms with E-state index in [0.717, 1.165) is 17.9 Å². The second-order valence-electron chi connectivity index (χ2n) is 4.06. The highest BCUT2D eigenvalue weighted by molar-refractivity contribution is 6.31. The van der Waals surface area contributed by atoms with Crippen LogP contribution in [0.3, 0.4) is 0 Å². The maximum absolute atomic E-state index is 6.17. The molecule has 0 spiro atoms. The Morgan fingerprint density at radius 3 is 2.57 bits per heavy atom. The number of hydrogen-bond acceptors (Lipinski definition) is 1. The van der Waals surface area contributed by atoms with Gasteiger partial charge in [0.1, 0.15) is 0 Å². The summed E-state index contributed by atoms with van der Waals surface area (Å²) in [6.45, 7) is 5.08. The number of nitrogens with two attached hydrogens (primary N) is 1. The smallest absolute Gasteiger partial charge is 0.0440 e. The Morgan fingerprint density at radius 2 is 2.07 bits per heavy atom. The van der Waals surface area contributed by atoms with E-state index in [9.17, 15) is 0 Å². The predicted molar refractivity (Wildman–Crippen MR) is 62.8 cm³/mol. The standard InChI is InChI=1S/C12H18ClN/c1-9(2)7-11-4-3-10(5-6-14)8-12(11)13/h3-4,8-9H,5-7,14H2,1-2H3. The van der Waals surface area contributed by atoms with Crippen molar-refractivity contribution in [2.45, 2.75) is 26.7 Å². The van der Waals surface area contributed by atoms with E-state index < -0.39 is 0 Å². The topological polar surface area (TPSA) is 26.0 Å². The number of rotatable bonds is 4. The van der Waals surface area contributed by atoms with Crippen LogP contribution in [0.15, 0.2) is 18.2 Å². The molecule has 14 heavy (non-hydrogen) atoms. The van der Waals surface area contributed by atoms with Crippen LogP contribution in [0.25, 0.3) is 0 Å². The number of halogens is 1. The van der Waals surface area contributed by atoms with Crippen molar-refractivity contribution in [1.29, 1.82) is 0 Å². The van der Waals surface area contributed by atoms with Crippen molar-refractivity contribution in [3.63, 3.8) is 0 Å². The minimum Gasteiger partial charge on any atom is -0.330 e. The lowest BCUT2D eigenvalue weighted by atomic mass is 10.0. The first-order chi connectivity index (χ1) is 6.63. The third-order valence-electron chi connectivity index (χ3n) is 2.18. The Bertz CT molecular complexity index is 294. The highest BCUT2D eigenvalue weighted by atomic mass is 35.5. The lowest BCUT2D eigenvalue weighted by Gasteiger charge is -2.08. The molecule has 0 saturated heterocycles. The quantitative estimate of drug-likeness (QED) is 0.814. The molecule has 0 bridgehead atoms. The van der Waals surface area contributed by atoms with Crippen molar-refractivity contribution in [1.82, 2.24) is 0 Å². The highest BCUT2D eigenvalue weighted by Gasteiger charge is 2.03. The molecule has 2 N–H and O–H groups in total. The van der Waals surface area contributed by atoms with Gasteiger partial charge in [-0.15, -0.1) is 0 Å². The van der Waals surface area contributed by atoms with Crippen LogP contribution >= 0.6 is 11.6 Å². The molecule has 0 aliphatic carbocycles.